The number of carbonyl (C=O) groups is 1. The monoisotopic (exact) mass is 489 g/mol. The lowest BCUT2D eigenvalue weighted by atomic mass is 10.0. The standard InChI is InChI=1S/C26H21F2N5O3/c1-26(27,28)17-5-4-6-19(11-17)33-23-20-10-15(16-9-18(13-29-12-16)31-24(34)36-3)7-8-21(20)30-14-22(23)32(2)25(33)35/h4-14H,1-3H3,(H,31,34). The van der Waals surface area contributed by atoms with Gasteiger partial charge < -0.3 is 4.74 Å². The average Bonchev–Trinajstić information content (AvgIpc) is 3.13. The number of hydrogen-bond donors (Lipinski definition) is 1. The molecule has 10 heteroatoms. The van der Waals surface area contributed by atoms with E-state index in [1.807, 2.05) is 18.2 Å². The number of imidazole rings is 1. The number of aromatic nitrogens is 4. The van der Waals surface area contributed by atoms with E-state index in [1.165, 1.54) is 40.6 Å². The van der Waals surface area contributed by atoms with Crippen LogP contribution >= 0.6 is 0 Å². The average molecular weight is 489 g/mol. The van der Waals surface area contributed by atoms with Crippen LogP contribution in [0.1, 0.15) is 12.5 Å². The van der Waals surface area contributed by atoms with Gasteiger partial charge in [0.1, 0.15) is 0 Å². The van der Waals surface area contributed by atoms with Crippen molar-refractivity contribution < 1.29 is 18.3 Å². The highest BCUT2D eigenvalue weighted by Gasteiger charge is 2.25. The van der Waals surface area contributed by atoms with E-state index in [9.17, 15) is 18.4 Å². The smallest absolute Gasteiger partial charge is 0.411 e. The molecule has 36 heavy (non-hydrogen) atoms. The Kier molecular flexibility index (Phi) is 5.51. The molecule has 0 saturated heterocycles. The Bertz CT molecular complexity index is 1700. The Labute approximate surface area is 203 Å². The maximum Gasteiger partial charge on any atom is 0.411 e. The molecule has 3 heterocycles. The lowest BCUT2D eigenvalue weighted by Gasteiger charge is -2.13. The van der Waals surface area contributed by atoms with Gasteiger partial charge in [-0.2, -0.15) is 0 Å². The molecule has 8 nitrogen and oxygen atoms in total. The number of anilines is 1. The van der Waals surface area contributed by atoms with Gasteiger partial charge in [-0.1, -0.05) is 18.2 Å². The van der Waals surface area contributed by atoms with Crippen LogP contribution in [-0.2, 0) is 17.7 Å². The Balaban J connectivity index is 1.75. The van der Waals surface area contributed by atoms with Crippen LogP contribution in [0.2, 0.25) is 0 Å². The van der Waals surface area contributed by atoms with Gasteiger partial charge in [0.05, 0.1) is 47.4 Å². The molecular formula is C26H21F2N5O3. The maximum atomic E-state index is 14.1. The Morgan fingerprint density at radius 1 is 1.06 bits per heavy atom. The summed E-state index contributed by atoms with van der Waals surface area (Å²) in [6.45, 7) is 0.820. The summed E-state index contributed by atoms with van der Waals surface area (Å²) in [4.78, 5) is 33.6. The maximum absolute atomic E-state index is 14.1. The number of pyridine rings is 2. The van der Waals surface area contributed by atoms with Crippen LogP contribution in [-0.4, -0.2) is 32.3 Å². The van der Waals surface area contributed by atoms with Crippen molar-refractivity contribution in [3.05, 3.63) is 83.2 Å². The summed E-state index contributed by atoms with van der Waals surface area (Å²) in [5.74, 6) is -3.06. The minimum Gasteiger partial charge on any atom is -0.453 e. The third kappa shape index (κ3) is 3.96. The minimum absolute atomic E-state index is 0.191. The molecule has 5 aromatic rings. The first-order chi connectivity index (χ1) is 17.2. The summed E-state index contributed by atoms with van der Waals surface area (Å²) >= 11 is 0. The van der Waals surface area contributed by atoms with Crippen molar-refractivity contribution in [3.63, 3.8) is 0 Å². The number of ether oxygens (including phenoxy) is 1. The van der Waals surface area contributed by atoms with E-state index in [1.54, 1.807) is 31.6 Å². The molecule has 1 N–H and O–H groups in total. The first kappa shape index (κ1) is 23.2. The number of fused-ring (bicyclic) bond motifs is 3. The van der Waals surface area contributed by atoms with Gasteiger partial charge >= 0.3 is 11.8 Å². The quantitative estimate of drug-likeness (QED) is 0.373. The molecule has 182 valence electrons. The number of aryl methyl sites for hydroxylation is 1. The van der Waals surface area contributed by atoms with Crippen LogP contribution < -0.4 is 11.0 Å². The molecule has 0 atom stereocenters. The van der Waals surface area contributed by atoms with Gasteiger partial charge in [0, 0.05) is 36.7 Å². The van der Waals surface area contributed by atoms with Gasteiger partial charge in [0.25, 0.3) is 5.92 Å². The fourth-order valence-corrected chi connectivity index (χ4v) is 4.17. The number of methoxy groups -OCH3 is 1. The van der Waals surface area contributed by atoms with E-state index in [2.05, 4.69) is 20.0 Å². The minimum atomic E-state index is -3.06. The van der Waals surface area contributed by atoms with Gasteiger partial charge in [-0.3, -0.25) is 24.4 Å². The molecule has 0 bridgehead atoms. The van der Waals surface area contributed by atoms with E-state index in [-0.39, 0.29) is 11.3 Å². The number of hydrogen-bond acceptors (Lipinski definition) is 5. The van der Waals surface area contributed by atoms with Crippen LogP contribution in [0.15, 0.2) is 71.9 Å². The number of nitrogens with zero attached hydrogens (tertiary/aromatic N) is 4. The fourth-order valence-electron chi connectivity index (χ4n) is 4.17. The molecule has 0 fully saturated rings. The second kappa shape index (κ2) is 8.56. The second-order valence-corrected chi connectivity index (χ2v) is 8.42. The van der Waals surface area contributed by atoms with Crippen LogP contribution in [0.5, 0.6) is 0 Å². The van der Waals surface area contributed by atoms with Crippen molar-refractivity contribution >= 4 is 33.7 Å². The predicted molar refractivity (Wildman–Crippen MR) is 133 cm³/mol. The van der Waals surface area contributed by atoms with Crippen molar-refractivity contribution in [2.24, 2.45) is 7.05 Å². The van der Waals surface area contributed by atoms with E-state index in [0.29, 0.717) is 38.9 Å². The predicted octanol–water partition coefficient (Wildman–Crippen LogP) is 5.23. The highest BCUT2D eigenvalue weighted by molar-refractivity contribution is 6.04. The molecular weight excluding hydrogens is 468 g/mol. The summed E-state index contributed by atoms with van der Waals surface area (Å²) in [5, 5.41) is 3.24. The van der Waals surface area contributed by atoms with Crippen LogP contribution in [0.4, 0.5) is 19.3 Å². The van der Waals surface area contributed by atoms with Crippen LogP contribution in [0.25, 0.3) is 38.8 Å². The summed E-state index contributed by atoms with van der Waals surface area (Å²) in [7, 11) is 2.88. The molecule has 0 saturated carbocycles. The number of rotatable bonds is 4. The zero-order valence-corrected chi connectivity index (χ0v) is 19.6. The lowest BCUT2D eigenvalue weighted by molar-refractivity contribution is 0.0174. The van der Waals surface area contributed by atoms with Gasteiger partial charge in [-0.05, 0) is 35.9 Å². The number of benzene rings is 2. The molecule has 0 aliphatic rings. The summed E-state index contributed by atoms with van der Waals surface area (Å²) < 4.78 is 35.6. The van der Waals surface area contributed by atoms with Gasteiger partial charge in [0.2, 0.25) is 0 Å². The third-order valence-electron chi connectivity index (χ3n) is 6.00. The zero-order valence-electron chi connectivity index (χ0n) is 19.6. The third-order valence-corrected chi connectivity index (χ3v) is 6.00. The molecule has 1 amide bonds. The normalized spacial score (nSPS) is 11.7. The fraction of sp³-hybridized carbons (Fsp3) is 0.154. The molecule has 5 rings (SSSR count). The Morgan fingerprint density at radius 3 is 2.61 bits per heavy atom. The van der Waals surface area contributed by atoms with E-state index in [0.717, 1.165) is 12.5 Å². The zero-order chi connectivity index (χ0) is 25.6. The number of nitrogens with one attached hydrogen (secondary N) is 1. The molecule has 2 aromatic carbocycles. The SMILES string of the molecule is COC(=O)Nc1cncc(-c2ccc3ncc4c(c3c2)n(-c2cccc(C(C)(F)F)c2)c(=O)n4C)c1. The molecule has 0 unspecified atom stereocenters. The molecule has 0 spiro atoms. The van der Waals surface area contributed by atoms with Gasteiger partial charge in [0.15, 0.2) is 0 Å². The van der Waals surface area contributed by atoms with Gasteiger partial charge in [-0.15, -0.1) is 0 Å². The molecule has 3 aromatic heterocycles. The van der Waals surface area contributed by atoms with E-state index in [4.69, 9.17) is 0 Å². The topological polar surface area (TPSA) is 91.0 Å². The van der Waals surface area contributed by atoms with Crippen molar-refractivity contribution in [2.45, 2.75) is 12.8 Å². The highest BCUT2D eigenvalue weighted by Crippen LogP contribution is 2.32. The lowest BCUT2D eigenvalue weighted by Crippen LogP contribution is -2.21. The Hall–Kier alpha value is -4.60. The number of alkyl halides is 2. The Morgan fingerprint density at radius 2 is 1.86 bits per heavy atom. The summed E-state index contributed by atoms with van der Waals surface area (Å²) in [6.07, 6.45) is 4.11. The van der Waals surface area contributed by atoms with Crippen molar-refractivity contribution in [2.75, 3.05) is 12.4 Å². The van der Waals surface area contributed by atoms with Gasteiger partial charge in [-0.25, -0.2) is 18.4 Å². The number of carbonyl (C=O) groups excluding carboxylic acids is 1. The molecule has 0 aliphatic heterocycles. The van der Waals surface area contributed by atoms with E-state index < -0.39 is 12.0 Å². The largest absolute Gasteiger partial charge is 0.453 e. The highest BCUT2D eigenvalue weighted by atomic mass is 19.3. The number of amides is 1. The molecule has 0 aliphatic carbocycles. The van der Waals surface area contributed by atoms with Crippen molar-refractivity contribution in [3.8, 4) is 16.8 Å². The van der Waals surface area contributed by atoms with Crippen LogP contribution in [0, 0.1) is 0 Å². The van der Waals surface area contributed by atoms with Crippen molar-refractivity contribution in [1.82, 2.24) is 19.1 Å². The first-order valence-electron chi connectivity index (χ1n) is 11.0. The van der Waals surface area contributed by atoms with E-state index >= 15 is 0 Å². The molecule has 0 radical (unpaired) electrons. The second-order valence-electron chi connectivity index (χ2n) is 8.42. The summed E-state index contributed by atoms with van der Waals surface area (Å²) in [5.41, 5.74) is 3.39. The first-order valence-corrected chi connectivity index (χ1v) is 11.0. The summed E-state index contributed by atoms with van der Waals surface area (Å²) in [6, 6.07) is 13.0. The van der Waals surface area contributed by atoms with Crippen molar-refractivity contribution in [1.29, 1.82) is 0 Å². The number of halogens is 2. The van der Waals surface area contributed by atoms with Crippen LogP contribution in [0.3, 0.4) is 0 Å².